The number of carbonyl (C=O) groups is 2. The van der Waals surface area contributed by atoms with Gasteiger partial charge in [0.1, 0.15) is 0 Å². The Kier molecular flexibility index (Phi) is 6.89. The van der Waals surface area contributed by atoms with E-state index < -0.39 is 0 Å². The highest BCUT2D eigenvalue weighted by atomic mass is 16.2. The zero-order valence-electron chi connectivity index (χ0n) is 19.5. The number of hydrogen-bond donors (Lipinski definition) is 1. The normalized spacial score (nSPS) is 14.3. The highest BCUT2D eigenvalue weighted by Crippen LogP contribution is 2.22. The predicted molar refractivity (Wildman–Crippen MR) is 130 cm³/mol. The zero-order chi connectivity index (χ0) is 23.4. The van der Waals surface area contributed by atoms with Crippen LogP contribution >= 0.6 is 0 Å². The molecule has 3 aromatic rings. The van der Waals surface area contributed by atoms with Gasteiger partial charge in [0.15, 0.2) is 0 Å². The number of hydrogen-bond acceptors (Lipinski definition) is 4. The molecule has 0 aliphatic carbocycles. The van der Waals surface area contributed by atoms with Gasteiger partial charge in [-0.25, -0.2) is 4.68 Å². The third kappa shape index (κ3) is 5.49. The lowest BCUT2D eigenvalue weighted by Gasteiger charge is -2.34. The number of rotatable bonds is 6. The monoisotopic (exact) mass is 445 g/mol. The lowest BCUT2D eigenvalue weighted by atomic mass is 10.1. The van der Waals surface area contributed by atoms with Crippen LogP contribution in [0.25, 0.3) is 5.69 Å². The van der Waals surface area contributed by atoms with E-state index in [0.717, 1.165) is 28.3 Å². The fourth-order valence-corrected chi connectivity index (χ4v) is 4.17. The molecule has 0 spiro atoms. The van der Waals surface area contributed by atoms with Crippen LogP contribution in [-0.4, -0.2) is 64.1 Å². The molecule has 0 saturated carbocycles. The predicted octanol–water partition coefficient (Wildman–Crippen LogP) is 3.12. The molecule has 0 unspecified atom stereocenters. The topological polar surface area (TPSA) is 70.5 Å². The lowest BCUT2D eigenvalue weighted by molar-refractivity contribution is -0.132. The Balaban J connectivity index is 1.29. The first-order valence-corrected chi connectivity index (χ1v) is 11.4. The Labute approximate surface area is 195 Å². The summed E-state index contributed by atoms with van der Waals surface area (Å²) in [5.74, 6) is 0.0794. The van der Waals surface area contributed by atoms with Gasteiger partial charge in [-0.15, -0.1) is 0 Å². The molecular formula is C26H31N5O2. The molecule has 1 aliphatic rings. The maximum Gasteiger partial charge on any atom is 0.238 e. The van der Waals surface area contributed by atoms with Gasteiger partial charge in [-0.2, -0.15) is 5.10 Å². The second-order valence-corrected chi connectivity index (χ2v) is 8.66. The summed E-state index contributed by atoms with van der Waals surface area (Å²) in [5.41, 5.74) is 5.64. The molecular weight excluding hydrogens is 414 g/mol. The molecule has 33 heavy (non-hydrogen) atoms. The molecule has 7 heteroatoms. The molecule has 1 aromatic heterocycles. The van der Waals surface area contributed by atoms with Crippen molar-refractivity contribution < 1.29 is 9.59 Å². The minimum absolute atomic E-state index is 0.0618. The van der Waals surface area contributed by atoms with Gasteiger partial charge in [-0.1, -0.05) is 48.0 Å². The maximum absolute atomic E-state index is 12.7. The number of amides is 2. The Morgan fingerprint density at radius 1 is 0.909 bits per heavy atom. The Morgan fingerprint density at radius 3 is 2.24 bits per heavy atom. The fraction of sp³-hybridized carbons (Fsp3) is 0.346. The fourth-order valence-electron chi connectivity index (χ4n) is 4.17. The number of aromatic nitrogens is 2. The van der Waals surface area contributed by atoms with Crippen molar-refractivity contribution in [2.75, 3.05) is 38.0 Å². The highest BCUT2D eigenvalue weighted by Gasteiger charge is 2.23. The number of carbonyl (C=O) groups excluding carboxylic acids is 2. The van der Waals surface area contributed by atoms with Gasteiger partial charge in [-0.3, -0.25) is 14.5 Å². The van der Waals surface area contributed by atoms with Gasteiger partial charge in [0, 0.05) is 26.2 Å². The second-order valence-electron chi connectivity index (χ2n) is 8.66. The van der Waals surface area contributed by atoms with Crippen molar-refractivity contribution in [1.29, 1.82) is 0 Å². The molecule has 1 aliphatic heterocycles. The Morgan fingerprint density at radius 2 is 1.58 bits per heavy atom. The molecule has 1 N–H and O–H groups in total. The molecule has 0 bridgehead atoms. The zero-order valence-corrected chi connectivity index (χ0v) is 19.5. The van der Waals surface area contributed by atoms with Crippen molar-refractivity contribution in [3.63, 3.8) is 0 Å². The van der Waals surface area contributed by atoms with Gasteiger partial charge in [-0.05, 0) is 38.5 Å². The number of anilines is 1. The summed E-state index contributed by atoms with van der Waals surface area (Å²) in [6, 6.07) is 18.0. The van der Waals surface area contributed by atoms with Crippen molar-refractivity contribution in [3.05, 3.63) is 77.1 Å². The van der Waals surface area contributed by atoms with Gasteiger partial charge < -0.3 is 10.2 Å². The molecule has 2 aromatic carbocycles. The number of para-hydroxylation sites is 1. The smallest absolute Gasteiger partial charge is 0.238 e. The van der Waals surface area contributed by atoms with Crippen LogP contribution in [0, 0.1) is 20.8 Å². The Bertz CT molecular complexity index is 1110. The number of piperazine rings is 1. The van der Waals surface area contributed by atoms with Crippen LogP contribution in [0.2, 0.25) is 0 Å². The number of benzene rings is 2. The van der Waals surface area contributed by atoms with Crippen LogP contribution in [0.1, 0.15) is 22.5 Å². The maximum atomic E-state index is 12.7. The average Bonchev–Trinajstić information content (AvgIpc) is 3.10. The number of aryl methyl sites for hydroxylation is 2. The van der Waals surface area contributed by atoms with Crippen molar-refractivity contribution in [2.45, 2.75) is 27.2 Å². The first-order valence-electron chi connectivity index (χ1n) is 11.4. The largest absolute Gasteiger partial charge is 0.340 e. The summed E-state index contributed by atoms with van der Waals surface area (Å²) in [5, 5.41) is 7.64. The molecule has 2 heterocycles. The summed E-state index contributed by atoms with van der Waals surface area (Å²) in [7, 11) is 0. The van der Waals surface area contributed by atoms with Crippen molar-refractivity contribution >= 4 is 17.5 Å². The van der Waals surface area contributed by atoms with E-state index >= 15 is 0 Å². The van der Waals surface area contributed by atoms with Crippen LogP contribution < -0.4 is 5.32 Å². The van der Waals surface area contributed by atoms with Crippen LogP contribution in [0.5, 0.6) is 0 Å². The first-order chi connectivity index (χ1) is 15.9. The summed E-state index contributed by atoms with van der Waals surface area (Å²) < 4.78 is 1.85. The molecule has 0 atom stereocenters. The van der Waals surface area contributed by atoms with Gasteiger partial charge >= 0.3 is 0 Å². The quantitative estimate of drug-likeness (QED) is 0.633. The minimum atomic E-state index is -0.0618. The third-order valence-corrected chi connectivity index (χ3v) is 6.12. The molecule has 1 fully saturated rings. The minimum Gasteiger partial charge on any atom is -0.340 e. The van der Waals surface area contributed by atoms with Crippen LogP contribution in [0.3, 0.4) is 0 Å². The number of nitrogens with zero attached hydrogens (tertiary/aromatic N) is 4. The molecule has 2 amide bonds. The van der Waals surface area contributed by atoms with Crippen LogP contribution in [0.4, 0.5) is 5.69 Å². The van der Waals surface area contributed by atoms with E-state index in [9.17, 15) is 9.59 Å². The van der Waals surface area contributed by atoms with E-state index in [-0.39, 0.29) is 11.8 Å². The van der Waals surface area contributed by atoms with E-state index in [1.54, 1.807) is 0 Å². The van der Waals surface area contributed by atoms with Crippen LogP contribution in [0.15, 0.2) is 54.6 Å². The second kappa shape index (κ2) is 10.0. The summed E-state index contributed by atoms with van der Waals surface area (Å²) >= 11 is 0. The summed E-state index contributed by atoms with van der Waals surface area (Å²) in [6.45, 7) is 8.86. The third-order valence-electron chi connectivity index (χ3n) is 6.12. The summed E-state index contributed by atoms with van der Waals surface area (Å²) in [6.07, 6.45) is 0.421. The van der Waals surface area contributed by atoms with Crippen molar-refractivity contribution in [3.8, 4) is 5.69 Å². The molecule has 7 nitrogen and oxygen atoms in total. The number of nitrogens with one attached hydrogen (secondary N) is 1. The molecule has 0 radical (unpaired) electrons. The van der Waals surface area contributed by atoms with Crippen molar-refractivity contribution in [1.82, 2.24) is 19.6 Å². The SMILES string of the molecule is Cc1ccc(CC(=O)N2CCN(CC(=O)Nc3c(C)nn(-c4ccccc4)c3C)CC2)cc1. The van der Waals surface area contributed by atoms with Gasteiger partial charge in [0.05, 0.1) is 35.7 Å². The van der Waals surface area contributed by atoms with E-state index in [2.05, 4.69) is 15.3 Å². The summed E-state index contributed by atoms with van der Waals surface area (Å²) in [4.78, 5) is 29.4. The average molecular weight is 446 g/mol. The van der Waals surface area contributed by atoms with E-state index in [4.69, 9.17) is 0 Å². The van der Waals surface area contributed by atoms with Crippen LogP contribution in [-0.2, 0) is 16.0 Å². The first kappa shape index (κ1) is 22.7. The Hall–Kier alpha value is -3.45. The van der Waals surface area contributed by atoms with Gasteiger partial charge in [0.2, 0.25) is 11.8 Å². The van der Waals surface area contributed by atoms with E-state index in [1.807, 2.05) is 85.0 Å². The van der Waals surface area contributed by atoms with Crippen molar-refractivity contribution in [2.24, 2.45) is 0 Å². The van der Waals surface area contributed by atoms with E-state index in [0.29, 0.717) is 39.1 Å². The highest BCUT2D eigenvalue weighted by molar-refractivity contribution is 5.93. The lowest BCUT2D eigenvalue weighted by Crippen LogP contribution is -2.50. The molecule has 172 valence electrons. The van der Waals surface area contributed by atoms with Gasteiger partial charge in [0.25, 0.3) is 0 Å². The standard InChI is InChI=1S/C26H31N5O2/c1-19-9-11-22(12-10-19)17-25(33)30-15-13-29(14-16-30)18-24(32)27-26-20(2)28-31(21(26)3)23-7-5-4-6-8-23/h4-12H,13-18H2,1-3H3,(H,27,32). The molecule has 4 rings (SSSR count). The van der Waals surface area contributed by atoms with E-state index in [1.165, 1.54) is 5.56 Å². The molecule has 1 saturated heterocycles.